The maximum atomic E-state index is 13.2. The fourth-order valence-corrected chi connectivity index (χ4v) is 7.24. The molecule has 8 heteroatoms. The van der Waals surface area contributed by atoms with E-state index in [1.54, 1.807) is 36.4 Å². The molecule has 1 fully saturated rings. The van der Waals surface area contributed by atoms with Gasteiger partial charge in [0.25, 0.3) is 20.2 Å². The average molecular weight is 497 g/mol. The Morgan fingerprint density at radius 2 is 0.912 bits per heavy atom. The van der Waals surface area contributed by atoms with Gasteiger partial charge in [0.2, 0.25) is 0 Å². The van der Waals surface area contributed by atoms with Crippen LogP contribution in [-0.4, -0.2) is 29.0 Å². The molecule has 0 N–H and O–H groups in total. The van der Waals surface area contributed by atoms with Crippen LogP contribution in [0.2, 0.25) is 0 Å². The summed E-state index contributed by atoms with van der Waals surface area (Å²) in [7, 11) is -8.30. The highest BCUT2D eigenvalue weighted by Crippen LogP contribution is 2.33. The average Bonchev–Trinajstić information content (AvgIpc) is 2.84. The summed E-state index contributed by atoms with van der Waals surface area (Å²) in [5.41, 5.74) is 0. The summed E-state index contributed by atoms with van der Waals surface area (Å²) in [5.74, 6) is 0. The third-order valence-corrected chi connectivity index (χ3v) is 8.97. The highest BCUT2D eigenvalue weighted by molar-refractivity contribution is 7.87. The summed E-state index contributed by atoms with van der Waals surface area (Å²) >= 11 is 0. The van der Waals surface area contributed by atoms with Crippen molar-refractivity contribution in [3.05, 3.63) is 84.9 Å². The Morgan fingerprint density at radius 1 is 0.529 bits per heavy atom. The number of fused-ring (bicyclic) bond motifs is 2. The third kappa shape index (κ3) is 4.46. The van der Waals surface area contributed by atoms with Crippen molar-refractivity contribution in [3.63, 3.8) is 0 Å². The van der Waals surface area contributed by atoms with Gasteiger partial charge in [-0.1, -0.05) is 85.6 Å². The Kier molecular flexibility index (Phi) is 6.16. The smallest absolute Gasteiger partial charge is 0.260 e. The molecule has 1 saturated carbocycles. The molecular weight excluding hydrogens is 472 g/mol. The first-order chi connectivity index (χ1) is 16.4. The first kappa shape index (κ1) is 23.0. The van der Waals surface area contributed by atoms with Gasteiger partial charge in [0.15, 0.2) is 0 Å². The minimum Gasteiger partial charge on any atom is -0.260 e. The lowest BCUT2D eigenvalue weighted by Gasteiger charge is -2.30. The molecule has 34 heavy (non-hydrogen) atoms. The van der Waals surface area contributed by atoms with E-state index in [1.165, 1.54) is 12.1 Å². The molecule has 0 saturated heterocycles. The molecule has 1 aliphatic carbocycles. The minimum atomic E-state index is -4.15. The Hall–Kier alpha value is -2.78. The van der Waals surface area contributed by atoms with E-state index in [0.717, 1.165) is 23.6 Å². The van der Waals surface area contributed by atoms with E-state index in [9.17, 15) is 16.8 Å². The largest absolute Gasteiger partial charge is 0.297 e. The van der Waals surface area contributed by atoms with Gasteiger partial charge < -0.3 is 0 Å². The van der Waals surface area contributed by atoms with Gasteiger partial charge in [-0.3, -0.25) is 8.37 Å². The van der Waals surface area contributed by atoms with Crippen LogP contribution in [0.15, 0.2) is 94.7 Å². The lowest BCUT2D eigenvalue weighted by Crippen LogP contribution is -2.38. The molecule has 5 rings (SSSR count). The van der Waals surface area contributed by atoms with Crippen molar-refractivity contribution in [1.29, 1.82) is 0 Å². The highest BCUT2D eigenvalue weighted by Gasteiger charge is 2.36. The summed E-state index contributed by atoms with van der Waals surface area (Å²) in [6.07, 6.45) is 0.428. The first-order valence-electron chi connectivity index (χ1n) is 11.2. The van der Waals surface area contributed by atoms with E-state index in [2.05, 4.69) is 0 Å². The Bertz CT molecular complexity index is 1430. The van der Waals surface area contributed by atoms with Gasteiger partial charge in [-0.25, -0.2) is 0 Å². The molecule has 0 aromatic heterocycles. The molecule has 1 aliphatic rings. The second-order valence-corrected chi connectivity index (χ2v) is 11.5. The SMILES string of the molecule is O=S(=O)(OC1CCCCC1OS(=O)(=O)c1cccc2ccccc12)c1cccc2ccccc12. The zero-order valence-electron chi connectivity index (χ0n) is 18.3. The van der Waals surface area contributed by atoms with Gasteiger partial charge in [0, 0.05) is 10.8 Å². The quantitative estimate of drug-likeness (QED) is 0.332. The minimum absolute atomic E-state index is 0.0619. The van der Waals surface area contributed by atoms with E-state index in [-0.39, 0.29) is 9.79 Å². The van der Waals surface area contributed by atoms with Crippen LogP contribution < -0.4 is 0 Å². The second kappa shape index (κ2) is 9.11. The Balaban J connectivity index is 1.44. The van der Waals surface area contributed by atoms with Gasteiger partial charge in [-0.2, -0.15) is 16.8 Å². The molecule has 4 aromatic rings. The third-order valence-electron chi connectivity index (χ3n) is 6.18. The van der Waals surface area contributed by atoms with Crippen molar-refractivity contribution in [3.8, 4) is 0 Å². The van der Waals surface area contributed by atoms with Crippen molar-refractivity contribution in [2.45, 2.75) is 47.7 Å². The lowest BCUT2D eigenvalue weighted by atomic mass is 9.95. The molecule has 2 atom stereocenters. The number of hydrogen-bond donors (Lipinski definition) is 0. The van der Waals surface area contributed by atoms with Gasteiger partial charge >= 0.3 is 0 Å². The second-order valence-electron chi connectivity index (χ2n) is 8.42. The number of benzene rings is 4. The van der Waals surface area contributed by atoms with Crippen LogP contribution in [0.25, 0.3) is 21.5 Å². The van der Waals surface area contributed by atoms with Crippen molar-refractivity contribution in [2.24, 2.45) is 0 Å². The molecule has 0 radical (unpaired) electrons. The zero-order valence-corrected chi connectivity index (χ0v) is 20.0. The molecule has 2 unspecified atom stereocenters. The van der Waals surface area contributed by atoms with E-state index >= 15 is 0 Å². The van der Waals surface area contributed by atoms with Crippen LogP contribution in [0.5, 0.6) is 0 Å². The zero-order chi connectivity index (χ0) is 23.8. The van der Waals surface area contributed by atoms with Crippen molar-refractivity contribution in [2.75, 3.05) is 0 Å². The first-order valence-corrected chi connectivity index (χ1v) is 14.0. The number of rotatable bonds is 6. The summed E-state index contributed by atoms with van der Waals surface area (Å²) < 4.78 is 64.2. The van der Waals surface area contributed by atoms with Crippen LogP contribution in [0.4, 0.5) is 0 Å². The predicted molar refractivity (Wildman–Crippen MR) is 130 cm³/mol. The molecule has 0 bridgehead atoms. The molecule has 6 nitrogen and oxygen atoms in total. The van der Waals surface area contributed by atoms with Crippen molar-refractivity contribution in [1.82, 2.24) is 0 Å². The summed E-state index contributed by atoms with van der Waals surface area (Å²) in [4.78, 5) is 0.124. The molecular formula is C26H24O6S2. The highest BCUT2D eigenvalue weighted by atomic mass is 32.2. The standard InChI is InChI=1S/C26H24O6S2/c27-33(28,25-17-7-11-19-9-1-3-13-21(19)25)31-23-15-5-6-16-24(23)32-34(29,30)26-18-8-12-20-10-2-4-14-22(20)26/h1-4,7-14,17-18,23-24H,5-6,15-16H2. The fraction of sp³-hybridized carbons (Fsp3) is 0.231. The molecule has 0 aliphatic heterocycles. The van der Waals surface area contributed by atoms with Crippen LogP contribution in [0, 0.1) is 0 Å². The molecule has 0 spiro atoms. The molecule has 0 heterocycles. The van der Waals surface area contributed by atoms with Gasteiger partial charge in [-0.15, -0.1) is 0 Å². The van der Waals surface area contributed by atoms with E-state index in [4.69, 9.17) is 8.37 Å². The lowest BCUT2D eigenvalue weighted by molar-refractivity contribution is 0.0312. The van der Waals surface area contributed by atoms with E-state index < -0.39 is 32.4 Å². The molecule has 176 valence electrons. The van der Waals surface area contributed by atoms with Gasteiger partial charge in [-0.05, 0) is 35.7 Å². The summed E-state index contributed by atoms with van der Waals surface area (Å²) in [5, 5.41) is 2.67. The summed E-state index contributed by atoms with van der Waals surface area (Å²) in [6.45, 7) is 0. The maximum Gasteiger partial charge on any atom is 0.297 e. The topological polar surface area (TPSA) is 86.7 Å². The fourth-order valence-electron chi connectivity index (χ4n) is 4.54. The Labute approximate surface area is 199 Å². The monoisotopic (exact) mass is 496 g/mol. The number of hydrogen-bond acceptors (Lipinski definition) is 6. The predicted octanol–water partition coefficient (Wildman–Crippen LogP) is 5.42. The molecule has 0 amide bonds. The van der Waals surface area contributed by atoms with Crippen LogP contribution in [0.1, 0.15) is 25.7 Å². The van der Waals surface area contributed by atoms with Crippen LogP contribution in [-0.2, 0) is 28.6 Å². The summed E-state index contributed by atoms with van der Waals surface area (Å²) in [6, 6.07) is 24.3. The van der Waals surface area contributed by atoms with Gasteiger partial charge in [0.1, 0.15) is 22.0 Å². The van der Waals surface area contributed by atoms with Crippen molar-refractivity contribution < 1.29 is 25.2 Å². The van der Waals surface area contributed by atoms with Crippen molar-refractivity contribution >= 4 is 41.8 Å². The van der Waals surface area contributed by atoms with Crippen LogP contribution in [0.3, 0.4) is 0 Å². The Morgan fingerprint density at radius 3 is 1.35 bits per heavy atom. The molecule has 4 aromatic carbocycles. The maximum absolute atomic E-state index is 13.2. The van der Waals surface area contributed by atoms with E-state index in [0.29, 0.717) is 23.6 Å². The van der Waals surface area contributed by atoms with E-state index in [1.807, 2.05) is 36.4 Å². The normalized spacial score (nSPS) is 19.4. The van der Waals surface area contributed by atoms with Crippen LogP contribution >= 0.6 is 0 Å². The van der Waals surface area contributed by atoms with Gasteiger partial charge in [0.05, 0.1) is 0 Å².